The van der Waals surface area contributed by atoms with Crippen LogP contribution in [0.15, 0.2) is 15.6 Å². The van der Waals surface area contributed by atoms with Gasteiger partial charge >= 0.3 is 0 Å². The second-order valence-corrected chi connectivity index (χ2v) is 4.74. The molecule has 0 saturated carbocycles. The van der Waals surface area contributed by atoms with Crippen LogP contribution in [0.5, 0.6) is 0 Å². The van der Waals surface area contributed by atoms with Gasteiger partial charge in [-0.1, -0.05) is 0 Å². The van der Waals surface area contributed by atoms with E-state index >= 15 is 0 Å². The number of anilines is 1. The van der Waals surface area contributed by atoms with Crippen molar-refractivity contribution in [3.63, 3.8) is 0 Å². The van der Waals surface area contributed by atoms with Gasteiger partial charge in [0.15, 0.2) is 5.82 Å². The minimum atomic E-state index is -0.272. The van der Waals surface area contributed by atoms with Gasteiger partial charge < -0.3 is 15.2 Å². The molecular formula is C10H15BrN4O2. The van der Waals surface area contributed by atoms with Gasteiger partial charge in [-0.3, -0.25) is 9.59 Å². The Bertz CT molecular complexity index is 458. The number of halogens is 1. The first-order valence-electron chi connectivity index (χ1n) is 5.15. The number of carbonyl (C=O) groups is 1. The minimum Gasteiger partial charge on any atom is -0.352 e. The lowest BCUT2D eigenvalue weighted by molar-refractivity contribution is -0.120. The molecule has 0 fully saturated rings. The Morgan fingerprint density at radius 3 is 2.88 bits per heavy atom. The summed E-state index contributed by atoms with van der Waals surface area (Å²) in [5.41, 5.74) is -0.272. The zero-order chi connectivity index (χ0) is 13.0. The lowest BCUT2D eigenvalue weighted by Crippen LogP contribution is -2.39. The fourth-order valence-corrected chi connectivity index (χ4v) is 1.82. The first-order chi connectivity index (χ1) is 7.91. The molecule has 94 valence electrons. The molecule has 0 aromatic carbocycles. The predicted octanol–water partition coefficient (Wildman–Crippen LogP) is 0.493. The van der Waals surface area contributed by atoms with E-state index in [2.05, 4.69) is 31.2 Å². The van der Waals surface area contributed by atoms with Crippen LogP contribution in [0.25, 0.3) is 0 Å². The second kappa shape index (κ2) is 5.81. The number of aromatic amines is 1. The summed E-state index contributed by atoms with van der Waals surface area (Å²) in [7, 11) is 1.70. The molecule has 0 aliphatic heterocycles. The van der Waals surface area contributed by atoms with E-state index in [1.807, 2.05) is 13.8 Å². The average molecular weight is 303 g/mol. The number of amides is 1. The normalized spacial score (nSPS) is 10.4. The Morgan fingerprint density at radius 2 is 2.29 bits per heavy atom. The Hall–Kier alpha value is -1.37. The van der Waals surface area contributed by atoms with Crippen molar-refractivity contribution < 1.29 is 4.79 Å². The average Bonchev–Trinajstić information content (AvgIpc) is 2.20. The van der Waals surface area contributed by atoms with Crippen LogP contribution in [0.1, 0.15) is 13.8 Å². The van der Waals surface area contributed by atoms with Gasteiger partial charge in [0, 0.05) is 13.1 Å². The Kier molecular flexibility index (Phi) is 4.68. The van der Waals surface area contributed by atoms with Gasteiger partial charge in [0.05, 0.1) is 12.9 Å². The van der Waals surface area contributed by atoms with Gasteiger partial charge in [-0.25, -0.2) is 4.98 Å². The maximum atomic E-state index is 11.6. The van der Waals surface area contributed by atoms with E-state index in [0.29, 0.717) is 10.3 Å². The monoisotopic (exact) mass is 302 g/mol. The molecule has 1 rings (SSSR count). The van der Waals surface area contributed by atoms with E-state index in [4.69, 9.17) is 0 Å². The van der Waals surface area contributed by atoms with Crippen LogP contribution in [-0.4, -0.2) is 35.5 Å². The summed E-state index contributed by atoms with van der Waals surface area (Å²) in [6, 6.07) is 0.0893. The van der Waals surface area contributed by atoms with E-state index in [1.54, 1.807) is 11.9 Å². The maximum absolute atomic E-state index is 11.6. The minimum absolute atomic E-state index is 0.0893. The molecule has 0 aliphatic rings. The van der Waals surface area contributed by atoms with Gasteiger partial charge in [-0.05, 0) is 29.8 Å². The number of H-pyrrole nitrogens is 1. The van der Waals surface area contributed by atoms with Crippen molar-refractivity contribution in [3.05, 3.63) is 21.2 Å². The number of nitrogens with zero attached hydrogens (tertiary/aromatic N) is 2. The van der Waals surface area contributed by atoms with E-state index < -0.39 is 0 Å². The molecule has 0 aliphatic carbocycles. The number of hydrogen-bond acceptors (Lipinski definition) is 4. The van der Waals surface area contributed by atoms with Crippen LogP contribution < -0.4 is 15.8 Å². The van der Waals surface area contributed by atoms with Crippen molar-refractivity contribution in [1.82, 2.24) is 15.3 Å². The first kappa shape index (κ1) is 13.7. The first-order valence-corrected chi connectivity index (χ1v) is 5.94. The molecule has 1 heterocycles. The van der Waals surface area contributed by atoms with Gasteiger partial charge in [0.25, 0.3) is 5.56 Å². The SMILES string of the molecule is CC(C)NC(=O)CN(C)c1nc[nH]c(=O)c1Br. The van der Waals surface area contributed by atoms with Crippen molar-refractivity contribution in [2.24, 2.45) is 0 Å². The summed E-state index contributed by atoms with van der Waals surface area (Å²) in [6.45, 7) is 3.92. The van der Waals surface area contributed by atoms with Crippen LogP contribution in [0.2, 0.25) is 0 Å². The van der Waals surface area contributed by atoms with Gasteiger partial charge in [-0.15, -0.1) is 0 Å². The van der Waals surface area contributed by atoms with Crippen LogP contribution in [-0.2, 0) is 4.79 Å². The molecule has 1 amide bonds. The quantitative estimate of drug-likeness (QED) is 0.849. The highest BCUT2D eigenvalue weighted by molar-refractivity contribution is 9.10. The van der Waals surface area contributed by atoms with Crippen LogP contribution >= 0.6 is 15.9 Å². The van der Waals surface area contributed by atoms with Crippen LogP contribution in [0.3, 0.4) is 0 Å². The van der Waals surface area contributed by atoms with Crippen LogP contribution in [0.4, 0.5) is 5.82 Å². The number of aromatic nitrogens is 2. The van der Waals surface area contributed by atoms with E-state index in [-0.39, 0.29) is 24.1 Å². The lowest BCUT2D eigenvalue weighted by atomic mass is 10.4. The molecule has 0 bridgehead atoms. The molecule has 0 saturated heterocycles. The zero-order valence-electron chi connectivity index (χ0n) is 9.95. The Morgan fingerprint density at radius 1 is 1.65 bits per heavy atom. The van der Waals surface area contributed by atoms with Gasteiger partial charge in [0.2, 0.25) is 5.91 Å². The van der Waals surface area contributed by atoms with Crippen LogP contribution in [0, 0.1) is 0 Å². The third-order valence-corrected chi connectivity index (χ3v) is 2.68. The summed E-state index contributed by atoms with van der Waals surface area (Å²) in [5, 5.41) is 2.77. The van der Waals surface area contributed by atoms with Gasteiger partial charge in [-0.2, -0.15) is 0 Å². The number of hydrogen-bond donors (Lipinski definition) is 2. The molecule has 17 heavy (non-hydrogen) atoms. The van der Waals surface area contributed by atoms with E-state index in [9.17, 15) is 9.59 Å². The predicted molar refractivity (Wildman–Crippen MR) is 69.1 cm³/mol. The molecule has 0 atom stereocenters. The molecule has 2 N–H and O–H groups in total. The lowest BCUT2D eigenvalue weighted by Gasteiger charge is -2.19. The highest BCUT2D eigenvalue weighted by Gasteiger charge is 2.13. The molecule has 7 heteroatoms. The third-order valence-electron chi connectivity index (χ3n) is 1.97. The fourth-order valence-electron chi connectivity index (χ4n) is 1.30. The molecular weight excluding hydrogens is 288 g/mol. The Labute approximate surface area is 108 Å². The summed E-state index contributed by atoms with van der Waals surface area (Å²) < 4.78 is 0.319. The number of likely N-dealkylation sites (N-methyl/N-ethyl adjacent to an activating group) is 1. The number of carbonyl (C=O) groups excluding carboxylic acids is 1. The summed E-state index contributed by atoms with van der Waals surface area (Å²) in [5.74, 6) is 0.323. The number of rotatable bonds is 4. The molecule has 0 unspecified atom stereocenters. The fraction of sp³-hybridized carbons (Fsp3) is 0.500. The van der Waals surface area contributed by atoms with Crippen molar-refractivity contribution in [1.29, 1.82) is 0 Å². The molecule has 1 aromatic heterocycles. The van der Waals surface area contributed by atoms with E-state index in [1.165, 1.54) is 6.33 Å². The van der Waals surface area contributed by atoms with Gasteiger partial charge in [0.1, 0.15) is 4.47 Å². The molecule has 0 spiro atoms. The van der Waals surface area contributed by atoms with E-state index in [0.717, 1.165) is 0 Å². The highest BCUT2D eigenvalue weighted by atomic mass is 79.9. The maximum Gasteiger partial charge on any atom is 0.267 e. The van der Waals surface area contributed by atoms with Crippen molar-refractivity contribution in [2.75, 3.05) is 18.5 Å². The van der Waals surface area contributed by atoms with Crippen molar-refractivity contribution in [2.45, 2.75) is 19.9 Å². The summed E-state index contributed by atoms with van der Waals surface area (Å²) in [4.78, 5) is 31.0. The third kappa shape index (κ3) is 3.85. The molecule has 1 aromatic rings. The largest absolute Gasteiger partial charge is 0.352 e. The molecule has 6 nitrogen and oxygen atoms in total. The standard InChI is InChI=1S/C10H15BrN4O2/c1-6(2)14-7(16)4-15(3)9-8(11)10(17)13-5-12-9/h5-6H,4H2,1-3H3,(H,14,16)(H,12,13,17). The molecule has 0 radical (unpaired) electrons. The Balaban J connectivity index is 2.77. The van der Waals surface area contributed by atoms with Crippen molar-refractivity contribution >= 4 is 27.7 Å². The number of nitrogens with one attached hydrogen (secondary N) is 2. The summed E-state index contributed by atoms with van der Waals surface area (Å²) >= 11 is 3.14. The van der Waals surface area contributed by atoms with Crippen molar-refractivity contribution in [3.8, 4) is 0 Å². The second-order valence-electron chi connectivity index (χ2n) is 3.95. The summed E-state index contributed by atoms with van der Waals surface area (Å²) in [6.07, 6.45) is 1.30. The topological polar surface area (TPSA) is 78.1 Å². The zero-order valence-corrected chi connectivity index (χ0v) is 11.5. The highest BCUT2D eigenvalue weighted by Crippen LogP contribution is 2.16. The smallest absolute Gasteiger partial charge is 0.267 e.